The number of aromatic nitrogens is 2. The highest BCUT2D eigenvalue weighted by molar-refractivity contribution is 5.38. The van der Waals surface area contributed by atoms with Gasteiger partial charge in [0.1, 0.15) is 5.82 Å². The Kier molecular flexibility index (Phi) is 3.28. The fraction of sp³-hybridized carbons (Fsp3) is 0.429. The van der Waals surface area contributed by atoms with Crippen LogP contribution in [0.1, 0.15) is 0 Å². The third kappa shape index (κ3) is 2.35. The van der Waals surface area contributed by atoms with Crippen LogP contribution >= 0.6 is 0 Å². The van der Waals surface area contributed by atoms with Crippen LogP contribution in [0.15, 0.2) is 12.3 Å². The first-order valence-electron chi connectivity index (χ1n) is 3.72. The third-order valence-corrected chi connectivity index (χ3v) is 1.30. The van der Waals surface area contributed by atoms with Crippen molar-refractivity contribution < 1.29 is 5.11 Å². The molecule has 0 atom stereocenters. The van der Waals surface area contributed by atoms with Crippen LogP contribution in [-0.2, 0) is 0 Å². The van der Waals surface area contributed by atoms with Crippen LogP contribution in [0.5, 0.6) is 0 Å². The molecule has 1 aromatic rings. The molecule has 0 amide bonds. The molecule has 0 aliphatic heterocycles. The lowest BCUT2D eigenvalue weighted by atomic mass is 10.5. The second-order valence-electron chi connectivity index (χ2n) is 2.17. The van der Waals surface area contributed by atoms with Crippen molar-refractivity contribution in [3.63, 3.8) is 0 Å². The maximum atomic E-state index is 8.53. The smallest absolute Gasteiger partial charge is 0.224 e. The largest absolute Gasteiger partial charge is 0.395 e. The summed E-state index contributed by atoms with van der Waals surface area (Å²) >= 11 is 0. The number of rotatable bonds is 4. The Hall–Kier alpha value is -1.36. The first-order valence-corrected chi connectivity index (χ1v) is 3.72. The molecule has 5 heteroatoms. The minimum Gasteiger partial charge on any atom is -0.395 e. The quantitative estimate of drug-likeness (QED) is 0.586. The van der Waals surface area contributed by atoms with Gasteiger partial charge in [-0.1, -0.05) is 0 Å². The Bertz CT molecular complexity index is 241. The summed E-state index contributed by atoms with van der Waals surface area (Å²) in [7, 11) is 1.76. The van der Waals surface area contributed by atoms with Gasteiger partial charge in [-0.3, -0.25) is 0 Å². The Morgan fingerprint density at radius 3 is 3.08 bits per heavy atom. The lowest BCUT2D eigenvalue weighted by Crippen LogP contribution is -2.08. The maximum Gasteiger partial charge on any atom is 0.224 e. The van der Waals surface area contributed by atoms with Gasteiger partial charge < -0.3 is 15.7 Å². The van der Waals surface area contributed by atoms with Crippen molar-refractivity contribution in [2.45, 2.75) is 0 Å². The SMILES string of the molecule is CNc1nccc(NCCO)n1. The Morgan fingerprint density at radius 1 is 1.58 bits per heavy atom. The van der Waals surface area contributed by atoms with Crippen LogP contribution in [0.4, 0.5) is 11.8 Å². The molecule has 1 rings (SSSR count). The van der Waals surface area contributed by atoms with Gasteiger partial charge in [0.25, 0.3) is 0 Å². The average molecular weight is 168 g/mol. The fourth-order valence-corrected chi connectivity index (χ4v) is 0.762. The molecule has 0 aliphatic carbocycles. The summed E-state index contributed by atoms with van der Waals surface area (Å²) in [5, 5.41) is 14.3. The predicted octanol–water partition coefficient (Wildman–Crippen LogP) is -0.0775. The van der Waals surface area contributed by atoms with Crippen molar-refractivity contribution in [3.8, 4) is 0 Å². The molecule has 3 N–H and O–H groups in total. The van der Waals surface area contributed by atoms with Gasteiger partial charge in [-0.05, 0) is 6.07 Å². The molecule has 0 aliphatic rings. The van der Waals surface area contributed by atoms with Gasteiger partial charge in [-0.15, -0.1) is 0 Å². The Labute approximate surface area is 70.9 Å². The lowest BCUT2D eigenvalue weighted by Gasteiger charge is -2.03. The molecule has 0 saturated heterocycles. The van der Waals surface area contributed by atoms with Gasteiger partial charge >= 0.3 is 0 Å². The first kappa shape index (κ1) is 8.73. The summed E-state index contributed by atoms with van der Waals surface area (Å²) in [6, 6.07) is 1.75. The summed E-state index contributed by atoms with van der Waals surface area (Å²) in [4.78, 5) is 8.03. The molecule has 0 fully saturated rings. The minimum absolute atomic E-state index is 0.0961. The molecule has 66 valence electrons. The van der Waals surface area contributed by atoms with Gasteiger partial charge in [0.2, 0.25) is 5.95 Å². The summed E-state index contributed by atoms with van der Waals surface area (Å²) in [5.41, 5.74) is 0. The zero-order chi connectivity index (χ0) is 8.81. The van der Waals surface area contributed by atoms with Crippen molar-refractivity contribution in [2.75, 3.05) is 30.8 Å². The molecule has 0 radical (unpaired) electrons. The number of hydrogen-bond acceptors (Lipinski definition) is 5. The van der Waals surface area contributed by atoms with Crippen LogP contribution in [0.2, 0.25) is 0 Å². The van der Waals surface area contributed by atoms with Crippen LogP contribution < -0.4 is 10.6 Å². The number of anilines is 2. The van der Waals surface area contributed by atoms with Crippen LogP contribution in [0.25, 0.3) is 0 Å². The van der Waals surface area contributed by atoms with Gasteiger partial charge in [-0.25, -0.2) is 4.98 Å². The van der Waals surface area contributed by atoms with E-state index in [9.17, 15) is 0 Å². The summed E-state index contributed by atoms with van der Waals surface area (Å²) < 4.78 is 0. The molecule has 0 spiro atoms. The zero-order valence-electron chi connectivity index (χ0n) is 6.91. The van der Waals surface area contributed by atoms with Gasteiger partial charge in [0.15, 0.2) is 0 Å². The van der Waals surface area contributed by atoms with Gasteiger partial charge in [-0.2, -0.15) is 4.98 Å². The molecule has 0 unspecified atom stereocenters. The molecule has 0 bridgehead atoms. The van der Waals surface area contributed by atoms with E-state index in [1.165, 1.54) is 0 Å². The number of nitrogens with zero attached hydrogens (tertiary/aromatic N) is 2. The Morgan fingerprint density at radius 2 is 2.42 bits per heavy atom. The second-order valence-corrected chi connectivity index (χ2v) is 2.17. The summed E-state index contributed by atoms with van der Waals surface area (Å²) in [6.45, 7) is 0.596. The standard InChI is InChI=1S/C7H12N4O/c1-8-7-10-3-2-6(11-7)9-4-5-12/h2-3,12H,4-5H2,1H3,(H2,8,9,10,11). The van der Waals surface area contributed by atoms with Crippen molar-refractivity contribution in [2.24, 2.45) is 0 Å². The summed E-state index contributed by atoms with van der Waals surface area (Å²) in [5.74, 6) is 1.28. The van der Waals surface area contributed by atoms with Gasteiger partial charge in [0.05, 0.1) is 6.61 Å². The van der Waals surface area contributed by atoms with E-state index in [-0.39, 0.29) is 6.61 Å². The molecule has 12 heavy (non-hydrogen) atoms. The maximum absolute atomic E-state index is 8.53. The van der Waals surface area contributed by atoms with E-state index in [1.54, 1.807) is 19.3 Å². The normalized spacial score (nSPS) is 9.50. The van der Waals surface area contributed by atoms with Crippen molar-refractivity contribution >= 4 is 11.8 Å². The zero-order valence-corrected chi connectivity index (χ0v) is 6.91. The number of nitrogens with one attached hydrogen (secondary N) is 2. The molecular formula is C7H12N4O. The third-order valence-electron chi connectivity index (χ3n) is 1.30. The highest BCUT2D eigenvalue weighted by Crippen LogP contribution is 2.03. The van der Waals surface area contributed by atoms with Crippen LogP contribution in [0, 0.1) is 0 Å². The van der Waals surface area contributed by atoms with E-state index in [0.717, 1.165) is 0 Å². The first-order chi connectivity index (χ1) is 5.86. The van der Waals surface area contributed by atoms with Crippen molar-refractivity contribution in [1.82, 2.24) is 9.97 Å². The minimum atomic E-state index is 0.0961. The topological polar surface area (TPSA) is 70.1 Å². The number of aliphatic hydroxyl groups excluding tert-OH is 1. The molecule has 1 aromatic heterocycles. The number of aliphatic hydroxyl groups is 1. The average Bonchev–Trinajstić information content (AvgIpc) is 2.15. The molecule has 5 nitrogen and oxygen atoms in total. The van der Waals surface area contributed by atoms with E-state index >= 15 is 0 Å². The van der Waals surface area contributed by atoms with E-state index in [0.29, 0.717) is 18.3 Å². The van der Waals surface area contributed by atoms with Crippen molar-refractivity contribution in [3.05, 3.63) is 12.3 Å². The highest BCUT2D eigenvalue weighted by Gasteiger charge is 1.94. The molecule has 0 saturated carbocycles. The number of hydrogen-bond donors (Lipinski definition) is 3. The van der Waals surface area contributed by atoms with E-state index in [1.807, 2.05) is 0 Å². The molecule has 0 aromatic carbocycles. The van der Waals surface area contributed by atoms with Crippen LogP contribution in [-0.4, -0.2) is 35.3 Å². The Balaban J connectivity index is 2.60. The highest BCUT2D eigenvalue weighted by atomic mass is 16.3. The van der Waals surface area contributed by atoms with E-state index in [4.69, 9.17) is 5.11 Å². The molecule has 1 heterocycles. The van der Waals surface area contributed by atoms with E-state index in [2.05, 4.69) is 20.6 Å². The predicted molar refractivity (Wildman–Crippen MR) is 47.2 cm³/mol. The van der Waals surface area contributed by atoms with Crippen molar-refractivity contribution in [1.29, 1.82) is 0 Å². The monoisotopic (exact) mass is 168 g/mol. The van der Waals surface area contributed by atoms with Gasteiger partial charge in [0, 0.05) is 19.8 Å². The molecular weight excluding hydrogens is 156 g/mol. The van der Waals surface area contributed by atoms with Crippen LogP contribution in [0.3, 0.4) is 0 Å². The summed E-state index contributed by atoms with van der Waals surface area (Å²) in [6.07, 6.45) is 1.65. The lowest BCUT2D eigenvalue weighted by molar-refractivity contribution is 0.311. The fourth-order valence-electron chi connectivity index (χ4n) is 0.762. The second kappa shape index (κ2) is 4.50. The van der Waals surface area contributed by atoms with E-state index < -0.39 is 0 Å².